The maximum absolute atomic E-state index is 10.2. The summed E-state index contributed by atoms with van der Waals surface area (Å²) in [4.78, 5) is 0. The summed E-state index contributed by atoms with van der Waals surface area (Å²) < 4.78 is 0. The summed E-state index contributed by atoms with van der Waals surface area (Å²) in [6, 6.07) is 0. The molecule has 0 aromatic heterocycles. The summed E-state index contributed by atoms with van der Waals surface area (Å²) in [5, 5.41) is 20.3. The average Bonchev–Trinajstić information content (AvgIpc) is 2.17. The van der Waals surface area contributed by atoms with Crippen molar-refractivity contribution in [2.24, 2.45) is 11.8 Å². The molecule has 0 unspecified atom stereocenters. The highest BCUT2D eigenvalue weighted by Gasteiger charge is 2.50. The molecule has 13 heavy (non-hydrogen) atoms. The molecule has 76 valence electrons. The minimum Gasteiger partial charge on any atom is -0.390 e. The fourth-order valence-electron chi connectivity index (χ4n) is 3.21. The van der Waals surface area contributed by atoms with Crippen LogP contribution in [0.15, 0.2) is 0 Å². The fraction of sp³-hybridized carbons (Fsp3) is 1.00. The molecular weight excluding hydrogens is 164 g/mol. The maximum Gasteiger partial charge on any atom is 0.0652 e. The SMILES string of the molecule is C[C@@]1(O)C[C@@H]2CCC[C@H]1C[C@@]2(C)O. The second-order valence-corrected chi connectivity index (χ2v) is 5.45. The summed E-state index contributed by atoms with van der Waals surface area (Å²) >= 11 is 0. The lowest BCUT2D eigenvalue weighted by molar-refractivity contribution is -0.130. The monoisotopic (exact) mass is 184 g/mol. The van der Waals surface area contributed by atoms with Gasteiger partial charge < -0.3 is 10.2 Å². The molecule has 4 atom stereocenters. The van der Waals surface area contributed by atoms with Crippen molar-refractivity contribution in [3.05, 3.63) is 0 Å². The summed E-state index contributed by atoms with van der Waals surface area (Å²) in [5.41, 5.74) is -1.05. The van der Waals surface area contributed by atoms with Crippen LogP contribution in [0.3, 0.4) is 0 Å². The van der Waals surface area contributed by atoms with Gasteiger partial charge in [-0.1, -0.05) is 6.42 Å². The standard InChI is InChI=1S/C11H20O2/c1-10(12)6-9-5-3-4-8(10)7-11(9,2)13/h8-9,12-13H,3-7H2,1-2H3/t8-,9-,10+,11+/m0/s1. The molecule has 3 saturated carbocycles. The molecule has 0 saturated heterocycles. The molecule has 0 aromatic rings. The van der Waals surface area contributed by atoms with E-state index in [1.807, 2.05) is 13.8 Å². The van der Waals surface area contributed by atoms with Gasteiger partial charge in [-0.05, 0) is 51.4 Å². The summed E-state index contributed by atoms with van der Waals surface area (Å²) in [5.74, 6) is 0.613. The van der Waals surface area contributed by atoms with Crippen LogP contribution in [-0.4, -0.2) is 21.4 Å². The van der Waals surface area contributed by atoms with E-state index >= 15 is 0 Å². The van der Waals surface area contributed by atoms with E-state index in [-0.39, 0.29) is 0 Å². The van der Waals surface area contributed by atoms with E-state index in [9.17, 15) is 10.2 Å². The number of rotatable bonds is 0. The smallest absolute Gasteiger partial charge is 0.0652 e. The lowest BCUT2D eigenvalue weighted by Crippen LogP contribution is -2.50. The first-order valence-corrected chi connectivity index (χ1v) is 5.36. The largest absolute Gasteiger partial charge is 0.390 e. The Hall–Kier alpha value is -0.0800. The Kier molecular flexibility index (Phi) is 1.97. The molecule has 3 rings (SSSR count). The summed E-state index contributed by atoms with van der Waals surface area (Å²) in [6.07, 6.45) is 4.90. The number of hydrogen-bond donors (Lipinski definition) is 2. The molecular formula is C11H20O2. The molecule has 2 bridgehead atoms. The molecule has 3 fully saturated rings. The van der Waals surface area contributed by atoms with Crippen LogP contribution < -0.4 is 0 Å². The van der Waals surface area contributed by atoms with E-state index < -0.39 is 11.2 Å². The van der Waals surface area contributed by atoms with E-state index in [1.54, 1.807) is 0 Å². The second kappa shape index (κ2) is 2.71. The minimum absolute atomic E-state index is 0.307. The van der Waals surface area contributed by atoms with Crippen LogP contribution in [0, 0.1) is 11.8 Å². The van der Waals surface area contributed by atoms with E-state index in [0.717, 1.165) is 25.7 Å². The van der Waals surface area contributed by atoms with Crippen LogP contribution in [0.2, 0.25) is 0 Å². The predicted molar refractivity (Wildman–Crippen MR) is 51.3 cm³/mol. The zero-order valence-corrected chi connectivity index (χ0v) is 8.58. The zero-order valence-electron chi connectivity index (χ0n) is 8.58. The molecule has 3 aliphatic rings. The predicted octanol–water partition coefficient (Wildman–Crippen LogP) is 1.70. The molecule has 2 nitrogen and oxygen atoms in total. The third-order valence-electron chi connectivity index (χ3n) is 4.18. The zero-order chi connectivity index (χ0) is 9.69. The molecule has 0 heterocycles. The molecule has 0 amide bonds. The lowest BCUT2D eigenvalue weighted by atomic mass is 9.66. The van der Waals surface area contributed by atoms with Gasteiger partial charge in [-0.15, -0.1) is 0 Å². The topological polar surface area (TPSA) is 40.5 Å². The minimum atomic E-state index is -0.524. The van der Waals surface area contributed by atoms with E-state index in [0.29, 0.717) is 11.8 Å². The fourth-order valence-corrected chi connectivity index (χ4v) is 3.21. The van der Waals surface area contributed by atoms with Gasteiger partial charge in [0.05, 0.1) is 11.2 Å². The number of fused-ring (bicyclic) bond motifs is 4. The number of hydrogen-bond acceptors (Lipinski definition) is 2. The van der Waals surface area contributed by atoms with Crippen molar-refractivity contribution in [3.8, 4) is 0 Å². The Morgan fingerprint density at radius 2 is 1.31 bits per heavy atom. The van der Waals surface area contributed by atoms with Gasteiger partial charge in [0.25, 0.3) is 0 Å². The van der Waals surface area contributed by atoms with Gasteiger partial charge in [-0.2, -0.15) is 0 Å². The summed E-state index contributed by atoms with van der Waals surface area (Å²) in [6.45, 7) is 3.87. The molecule has 0 aliphatic heterocycles. The highest BCUT2D eigenvalue weighted by atomic mass is 16.3. The van der Waals surface area contributed by atoms with Crippen molar-refractivity contribution < 1.29 is 10.2 Å². The summed E-state index contributed by atoms with van der Waals surface area (Å²) in [7, 11) is 0. The van der Waals surface area contributed by atoms with Crippen LogP contribution in [0.25, 0.3) is 0 Å². The van der Waals surface area contributed by atoms with Crippen LogP contribution in [-0.2, 0) is 0 Å². The first-order valence-electron chi connectivity index (χ1n) is 5.36. The van der Waals surface area contributed by atoms with Gasteiger partial charge in [-0.3, -0.25) is 0 Å². The van der Waals surface area contributed by atoms with Gasteiger partial charge >= 0.3 is 0 Å². The van der Waals surface area contributed by atoms with Gasteiger partial charge in [0, 0.05) is 0 Å². The molecule has 0 radical (unpaired) electrons. The Balaban J connectivity index is 2.27. The van der Waals surface area contributed by atoms with Gasteiger partial charge in [0.15, 0.2) is 0 Å². The Morgan fingerprint density at radius 1 is 0.923 bits per heavy atom. The molecule has 0 aromatic carbocycles. The van der Waals surface area contributed by atoms with E-state index in [2.05, 4.69) is 0 Å². The molecule has 3 aliphatic carbocycles. The van der Waals surface area contributed by atoms with Gasteiger partial charge in [0.1, 0.15) is 0 Å². The van der Waals surface area contributed by atoms with E-state index in [4.69, 9.17) is 0 Å². The Bertz CT molecular complexity index is 186. The van der Waals surface area contributed by atoms with Crippen molar-refractivity contribution in [1.82, 2.24) is 0 Å². The van der Waals surface area contributed by atoms with Crippen molar-refractivity contribution >= 4 is 0 Å². The van der Waals surface area contributed by atoms with Crippen LogP contribution in [0.5, 0.6) is 0 Å². The first kappa shape index (κ1) is 9.47. The Morgan fingerprint density at radius 3 is 1.69 bits per heavy atom. The van der Waals surface area contributed by atoms with Gasteiger partial charge in [0.2, 0.25) is 0 Å². The van der Waals surface area contributed by atoms with Gasteiger partial charge in [-0.25, -0.2) is 0 Å². The second-order valence-electron chi connectivity index (χ2n) is 5.45. The van der Waals surface area contributed by atoms with Crippen molar-refractivity contribution in [2.75, 3.05) is 0 Å². The molecule has 2 heteroatoms. The van der Waals surface area contributed by atoms with Crippen LogP contribution in [0.4, 0.5) is 0 Å². The molecule has 0 spiro atoms. The van der Waals surface area contributed by atoms with Crippen LogP contribution >= 0.6 is 0 Å². The van der Waals surface area contributed by atoms with Crippen molar-refractivity contribution in [2.45, 2.75) is 57.2 Å². The first-order chi connectivity index (χ1) is 5.92. The lowest BCUT2D eigenvalue weighted by Gasteiger charge is -2.46. The van der Waals surface area contributed by atoms with Crippen molar-refractivity contribution in [1.29, 1.82) is 0 Å². The quantitative estimate of drug-likeness (QED) is 0.601. The third-order valence-corrected chi connectivity index (χ3v) is 4.18. The molecule has 2 N–H and O–H groups in total. The third kappa shape index (κ3) is 1.50. The van der Waals surface area contributed by atoms with Crippen LogP contribution in [0.1, 0.15) is 46.0 Å². The highest BCUT2D eigenvalue weighted by Crippen LogP contribution is 2.49. The average molecular weight is 184 g/mol. The number of aliphatic hydroxyl groups is 2. The van der Waals surface area contributed by atoms with Crippen molar-refractivity contribution in [3.63, 3.8) is 0 Å². The Labute approximate surface area is 80.0 Å². The normalized spacial score (nSPS) is 56.3. The van der Waals surface area contributed by atoms with E-state index in [1.165, 1.54) is 6.42 Å². The maximum atomic E-state index is 10.2. The highest BCUT2D eigenvalue weighted by molar-refractivity contribution is 5.01.